The van der Waals surface area contributed by atoms with Gasteiger partial charge < -0.3 is 15.4 Å². The Labute approximate surface area is 151 Å². The predicted molar refractivity (Wildman–Crippen MR) is 96.9 cm³/mol. The highest BCUT2D eigenvalue weighted by Gasteiger charge is 2.22. The number of hydrogen-bond acceptors (Lipinski definition) is 6. The lowest BCUT2D eigenvalue weighted by Gasteiger charge is -2.13. The quantitative estimate of drug-likeness (QED) is 0.546. The molecule has 3 N–H and O–H groups in total. The van der Waals surface area contributed by atoms with Crippen molar-refractivity contribution in [2.75, 3.05) is 5.75 Å². The molecule has 0 aliphatic heterocycles. The second-order valence-corrected chi connectivity index (χ2v) is 7.80. The molecule has 7 nitrogen and oxygen atoms in total. The number of hydrogen-bond donors (Lipinski definition) is 3. The number of carboxylic acids is 1. The summed E-state index contributed by atoms with van der Waals surface area (Å²) >= 11 is 2.65. The van der Waals surface area contributed by atoms with Crippen LogP contribution in [0.5, 0.6) is 0 Å². The third-order valence-electron chi connectivity index (χ3n) is 3.57. The van der Waals surface area contributed by atoms with Crippen molar-refractivity contribution in [3.8, 4) is 0 Å². The molecule has 0 fully saturated rings. The van der Waals surface area contributed by atoms with Gasteiger partial charge in [-0.05, 0) is 18.6 Å². The molecule has 3 aromatic rings. The number of aromatic nitrogens is 3. The number of rotatable bonds is 7. The molecule has 0 aliphatic rings. The fourth-order valence-corrected chi connectivity index (χ4v) is 4.05. The van der Waals surface area contributed by atoms with E-state index in [4.69, 9.17) is 0 Å². The molecule has 0 spiro atoms. The van der Waals surface area contributed by atoms with Crippen LogP contribution in [-0.4, -0.2) is 44.0 Å². The van der Waals surface area contributed by atoms with Crippen LogP contribution in [0, 0.1) is 6.92 Å². The lowest BCUT2D eigenvalue weighted by atomic mass is 10.1. The van der Waals surface area contributed by atoms with Gasteiger partial charge in [-0.1, -0.05) is 41.3 Å². The molecular weight excluding hydrogens is 360 g/mol. The van der Waals surface area contributed by atoms with Crippen LogP contribution in [-0.2, 0) is 16.0 Å². The van der Waals surface area contributed by atoms with Crippen molar-refractivity contribution in [3.63, 3.8) is 0 Å². The minimum absolute atomic E-state index is 0.103. The molecule has 0 saturated carbocycles. The Balaban J connectivity index is 1.63. The van der Waals surface area contributed by atoms with Crippen LogP contribution >= 0.6 is 23.1 Å². The maximum atomic E-state index is 12.1. The molecule has 1 atom stereocenters. The monoisotopic (exact) mass is 376 g/mol. The van der Waals surface area contributed by atoms with Crippen molar-refractivity contribution in [2.24, 2.45) is 0 Å². The van der Waals surface area contributed by atoms with E-state index in [1.165, 1.54) is 23.1 Å². The first kappa shape index (κ1) is 17.4. The van der Waals surface area contributed by atoms with E-state index < -0.39 is 12.0 Å². The van der Waals surface area contributed by atoms with Crippen molar-refractivity contribution < 1.29 is 14.7 Å². The molecule has 0 radical (unpaired) electrons. The van der Waals surface area contributed by atoms with Gasteiger partial charge in [0.15, 0.2) is 4.34 Å². The molecule has 0 unspecified atom stereocenters. The lowest BCUT2D eigenvalue weighted by molar-refractivity contribution is -0.141. The van der Waals surface area contributed by atoms with Gasteiger partial charge in [0.05, 0.1) is 5.75 Å². The number of thioether (sulfide) groups is 1. The van der Waals surface area contributed by atoms with Gasteiger partial charge in [-0.3, -0.25) is 4.79 Å². The number of nitrogens with one attached hydrogen (secondary N) is 2. The van der Waals surface area contributed by atoms with Gasteiger partial charge in [0.2, 0.25) is 5.91 Å². The summed E-state index contributed by atoms with van der Waals surface area (Å²) in [5.41, 5.74) is 1.80. The number of aryl methyl sites for hydroxylation is 1. The zero-order chi connectivity index (χ0) is 17.8. The van der Waals surface area contributed by atoms with Crippen LogP contribution in [0.15, 0.2) is 34.8 Å². The summed E-state index contributed by atoms with van der Waals surface area (Å²) < 4.78 is 0.691. The zero-order valence-electron chi connectivity index (χ0n) is 13.4. The van der Waals surface area contributed by atoms with Gasteiger partial charge in [-0.25, -0.2) is 4.79 Å². The molecule has 0 saturated heterocycles. The molecule has 0 aliphatic carbocycles. The fraction of sp³-hybridized carbons (Fsp3) is 0.250. The van der Waals surface area contributed by atoms with Crippen molar-refractivity contribution in [2.45, 2.75) is 23.7 Å². The number of H-pyrrole nitrogens is 1. The van der Waals surface area contributed by atoms with E-state index in [2.05, 4.69) is 20.5 Å². The topological polar surface area (TPSA) is 108 Å². The number of amides is 1. The second kappa shape index (κ2) is 7.66. The van der Waals surface area contributed by atoms with E-state index >= 15 is 0 Å². The smallest absolute Gasteiger partial charge is 0.326 e. The number of benzene rings is 1. The first-order chi connectivity index (χ1) is 12.0. The number of carboxylic acid groups (broad SMARTS) is 1. The summed E-state index contributed by atoms with van der Waals surface area (Å²) in [5.74, 6) is -1.30. The molecular formula is C16H16N4O3S2. The molecule has 130 valence electrons. The Morgan fingerprint density at radius 1 is 1.36 bits per heavy atom. The minimum Gasteiger partial charge on any atom is -0.480 e. The maximum Gasteiger partial charge on any atom is 0.326 e. The number of aliphatic carboxylic acids is 1. The van der Waals surface area contributed by atoms with Crippen LogP contribution in [0.2, 0.25) is 0 Å². The van der Waals surface area contributed by atoms with E-state index in [0.29, 0.717) is 4.34 Å². The number of nitrogens with zero attached hydrogens (tertiary/aromatic N) is 2. The average Bonchev–Trinajstić information content (AvgIpc) is 3.19. The number of para-hydroxylation sites is 1. The van der Waals surface area contributed by atoms with Crippen molar-refractivity contribution >= 4 is 45.9 Å². The third-order valence-corrected chi connectivity index (χ3v) is 5.54. The third kappa shape index (κ3) is 4.37. The molecule has 2 heterocycles. The summed E-state index contributed by atoms with van der Waals surface area (Å²) in [6, 6.07) is 6.67. The summed E-state index contributed by atoms with van der Waals surface area (Å²) in [5, 5.41) is 21.6. The largest absolute Gasteiger partial charge is 0.480 e. The van der Waals surface area contributed by atoms with Crippen LogP contribution in [0.25, 0.3) is 10.9 Å². The van der Waals surface area contributed by atoms with E-state index in [1.54, 1.807) is 6.20 Å². The Kier molecular flexibility index (Phi) is 5.34. The molecule has 1 aromatic carbocycles. The highest BCUT2D eigenvalue weighted by atomic mass is 32.2. The summed E-state index contributed by atoms with van der Waals surface area (Å²) in [4.78, 5) is 26.7. The van der Waals surface area contributed by atoms with E-state index in [-0.39, 0.29) is 18.1 Å². The Morgan fingerprint density at radius 2 is 2.16 bits per heavy atom. The minimum atomic E-state index is -1.06. The van der Waals surface area contributed by atoms with Gasteiger partial charge in [0, 0.05) is 23.5 Å². The molecule has 2 aromatic heterocycles. The summed E-state index contributed by atoms with van der Waals surface area (Å²) in [7, 11) is 0. The van der Waals surface area contributed by atoms with Gasteiger partial charge in [0.25, 0.3) is 0 Å². The molecule has 0 bridgehead atoms. The molecule has 3 rings (SSSR count). The Bertz CT molecular complexity index is 906. The highest BCUT2D eigenvalue weighted by molar-refractivity contribution is 8.01. The first-order valence-corrected chi connectivity index (χ1v) is 9.33. The molecule has 25 heavy (non-hydrogen) atoms. The zero-order valence-corrected chi connectivity index (χ0v) is 15.0. The number of fused-ring (bicyclic) bond motifs is 1. The first-order valence-electron chi connectivity index (χ1n) is 7.53. The SMILES string of the molecule is Cc1nnc(SCC(=O)N[C@H](Cc2c[nH]c3ccccc23)C(=O)O)s1. The van der Waals surface area contributed by atoms with E-state index in [0.717, 1.165) is 21.5 Å². The normalized spacial score (nSPS) is 12.2. The number of carbonyl (C=O) groups is 2. The van der Waals surface area contributed by atoms with Crippen LogP contribution in [0.4, 0.5) is 0 Å². The summed E-state index contributed by atoms with van der Waals surface area (Å²) in [6.45, 7) is 1.84. The predicted octanol–water partition coefficient (Wildman–Crippen LogP) is 2.23. The van der Waals surface area contributed by atoms with Crippen LogP contribution in [0.3, 0.4) is 0 Å². The Hall–Kier alpha value is -2.39. The Morgan fingerprint density at radius 3 is 2.88 bits per heavy atom. The summed E-state index contributed by atoms with van der Waals surface area (Å²) in [6.07, 6.45) is 2.00. The average molecular weight is 376 g/mol. The van der Waals surface area contributed by atoms with Gasteiger partial charge >= 0.3 is 5.97 Å². The van der Waals surface area contributed by atoms with Crippen molar-refractivity contribution in [1.82, 2.24) is 20.5 Å². The van der Waals surface area contributed by atoms with E-state index in [1.807, 2.05) is 31.2 Å². The van der Waals surface area contributed by atoms with Crippen LogP contribution < -0.4 is 5.32 Å². The second-order valence-electron chi connectivity index (χ2n) is 5.40. The van der Waals surface area contributed by atoms with Crippen LogP contribution in [0.1, 0.15) is 10.6 Å². The van der Waals surface area contributed by atoms with Gasteiger partial charge in [-0.15, -0.1) is 10.2 Å². The number of carbonyl (C=O) groups excluding carboxylic acids is 1. The molecule has 1 amide bonds. The van der Waals surface area contributed by atoms with Crippen molar-refractivity contribution in [3.05, 3.63) is 41.0 Å². The standard InChI is InChI=1S/C16H16N4O3S2/c1-9-19-20-16(25-9)24-8-14(21)18-13(15(22)23)6-10-7-17-12-5-3-2-4-11(10)12/h2-5,7,13,17H,6,8H2,1H3,(H,18,21)(H,22,23)/t13-/m1/s1. The van der Waals surface area contributed by atoms with Crippen molar-refractivity contribution in [1.29, 1.82) is 0 Å². The van der Waals surface area contributed by atoms with E-state index in [9.17, 15) is 14.7 Å². The lowest BCUT2D eigenvalue weighted by Crippen LogP contribution is -2.43. The maximum absolute atomic E-state index is 12.1. The van der Waals surface area contributed by atoms with Gasteiger partial charge in [0.1, 0.15) is 11.0 Å². The highest BCUT2D eigenvalue weighted by Crippen LogP contribution is 2.22. The van der Waals surface area contributed by atoms with Gasteiger partial charge in [-0.2, -0.15) is 0 Å². The molecule has 9 heteroatoms. The fourth-order valence-electron chi connectivity index (χ4n) is 2.42. The number of aromatic amines is 1.